The number of hydrogen-bond donors (Lipinski definition) is 3. The summed E-state index contributed by atoms with van der Waals surface area (Å²) < 4.78 is 10.5. The lowest BCUT2D eigenvalue weighted by Crippen LogP contribution is -2.48. The zero-order valence-corrected chi connectivity index (χ0v) is 16.2. The van der Waals surface area contributed by atoms with E-state index in [4.69, 9.17) is 21.7 Å². The first-order valence-electron chi connectivity index (χ1n) is 9.13. The fourth-order valence-electron chi connectivity index (χ4n) is 3.14. The molecule has 2 aliphatic rings. The maximum atomic E-state index is 12.2. The molecule has 0 spiro atoms. The van der Waals surface area contributed by atoms with Crippen molar-refractivity contribution in [2.24, 2.45) is 5.92 Å². The van der Waals surface area contributed by atoms with Crippen molar-refractivity contribution >= 4 is 35.2 Å². The van der Waals surface area contributed by atoms with Gasteiger partial charge in [0.15, 0.2) is 16.6 Å². The van der Waals surface area contributed by atoms with Gasteiger partial charge in [0.05, 0.1) is 0 Å². The molecule has 1 saturated carbocycles. The van der Waals surface area contributed by atoms with Gasteiger partial charge in [0.2, 0.25) is 18.6 Å². The van der Waals surface area contributed by atoms with E-state index in [9.17, 15) is 9.59 Å². The van der Waals surface area contributed by atoms with Crippen LogP contribution in [0.25, 0.3) is 6.08 Å². The summed E-state index contributed by atoms with van der Waals surface area (Å²) in [6.45, 7) is 0.196. The normalized spacial score (nSPS) is 18.9. The number of nitrogens with one attached hydrogen (secondary N) is 3. The molecule has 3 N–H and O–H groups in total. The van der Waals surface area contributed by atoms with Crippen LogP contribution in [-0.2, 0) is 9.59 Å². The van der Waals surface area contributed by atoms with Crippen LogP contribution in [0.3, 0.4) is 0 Å². The minimum atomic E-state index is -0.414. The smallest absolute Gasteiger partial charge is 0.250 e. The molecule has 2 atom stereocenters. The highest BCUT2D eigenvalue weighted by atomic mass is 32.1. The lowest BCUT2D eigenvalue weighted by molar-refractivity contribution is -0.123. The van der Waals surface area contributed by atoms with Crippen molar-refractivity contribution in [1.29, 1.82) is 0 Å². The fourth-order valence-corrected chi connectivity index (χ4v) is 3.29. The Morgan fingerprint density at radius 2 is 1.83 bits per heavy atom. The maximum Gasteiger partial charge on any atom is 0.250 e. The van der Waals surface area contributed by atoms with E-state index in [2.05, 4.69) is 16.2 Å². The number of hydrogen-bond acceptors (Lipinski definition) is 5. The molecule has 1 heterocycles. The summed E-state index contributed by atoms with van der Waals surface area (Å²) in [6, 6.07) is 15.3. The molecular formula is C21H19N3O4S. The Kier molecular flexibility index (Phi) is 5.44. The van der Waals surface area contributed by atoms with Gasteiger partial charge in [-0.2, -0.15) is 0 Å². The van der Waals surface area contributed by atoms with Crippen molar-refractivity contribution in [2.75, 3.05) is 6.79 Å². The predicted molar refractivity (Wildman–Crippen MR) is 111 cm³/mol. The molecule has 1 aliphatic carbocycles. The summed E-state index contributed by atoms with van der Waals surface area (Å²) in [5.41, 5.74) is 7.06. The third-order valence-electron chi connectivity index (χ3n) is 4.71. The van der Waals surface area contributed by atoms with E-state index in [1.165, 1.54) is 6.08 Å². The van der Waals surface area contributed by atoms with Crippen molar-refractivity contribution in [3.63, 3.8) is 0 Å². The summed E-state index contributed by atoms with van der Waals surface area (Å²) in [5, 5.41) is 2.51. The Hall–Kier alpha value is -3.39. The van der Waals surface area contributed by atoms with Gasteiger partial charge in [-0.1, -0.05) is 36.4 Å². The molecule has 1 fully saturated rings. The first-order chi connectivity index (χ1) is 14.1. The van der Waals surface area contributed by atoms with E-state index in [-0.39, 0.29) is 29.6 Å². The summed E-state index contributed by atoms with van der Waals surface area (Å²) in [4.78, 5) is 24.2. The number of amides is 2. The van der Waals surface area contributed by atoms with Gasteiger partial charge in [-0.3, -0.25) is 25.8 Å². The third-order valence-corrected chi connectivity index (χ3v) is 4.92. The number of ether oxygens (including phenoxy) is 2. The molecule has 0 bridgehead atoms. The second-order valence-electron chi connectivity index (χ2n) is 6.74. The van der Waals surface area contributed by atoms with Gasteiger partial charge in [0.1, 0.15) is 0 Å². The van der Waals surface area contributed by atoms with Gasteiger partial charge in [0.25, 0.3) is 0 Å². The van der Waals surface area contributed by atoms with Crippen LogP contribution in [0.1, 0.15) is 23.5 Å². The van der Waals surface area contributed by atoms with E-state index >= 15 is 0 Å². The van der Waals surface area contributed by atoms with E-state index in [0.29, 0.717) is 11.5 Å². The maximum absolute atomic E-state index is 12.2. The number of carbonyl (C=O) groups excluding carboxylic acids is 2. The summed E-state index contributed by atoms with van der Waals surface area (Å²) >= 11 is 5.05. The second-order valence-corrected chi connectivity index (χ2v) is 7.15. The number of hydrazine groups is 1. The predicted octanol–water partition coefficient (Wildman–Crippen LogP) is 2.25. The van der Waals surface area contributed by atoms with Gasteiger partial charge < -0.3 is 9.47 Å². The SMILES string of the molecule is O=C(/C=C/c1ccc2c(c1)OCO2)NC(=S)NNC(=O)[C@H]1C[C@@H]1c1ccccc1. The average Bonchev–Trinajstić information content (AvgIpc) is 3.41. The zero-order valence-electron chi connectivity index (χ0n) is 15.4. The van der Waals surface area contributed by atoms with Crippen LogP contribution in [0.5, 0.6) is 11.5 Å². The van der Waals surface area contributed by atoms with Crippen LogP contribution >= 0.6 is 12.2 Å². The Morgan fingerprint density at radius 1 is 1.03 bits per heavy atom. The third kappa shape index (κ3) is 4.72. The lowest BCUT2D eigenvalue weighted by atomic mass is 10.1. The number of thiocarbonyl (C=S) groups is 1. The molecule has 148 valence electrons. The quantitative estimate of drug-likeness (QED) is 0.408. The molecule has 4 rings (SSSR count). The largest absolute Gasteiger partial charge is 0.454 e. The minimum absolute atomic E-state index is 0.0237. The van der Waals surface area contributed by atoms with Crippen molar-refractivity contribution in [2.45, 2.75) is 12.3 Å². The van der Waals surface area contributed by atoms with Crippen molar-refractivity contribution in [1.82, 2.24) is 16.2 Å². The van der Waals surface area contributed by atoms with E-state index in [1.54, 1.807) is 18.2 Å². The summed E-state index contributed by atoms with van der Waals surface area (Å²) in [5.74, 6) is 0.897. The highest BCUT2D eigenvalue weighted by Crippen LogP contribution is 2.47. The molecular weight excluding hydrogens is 390 g/mol. The molecule has 2 aromatic rings. The first kappa shape index (κ1) is 18.9. The van der Waals surface area contributed by atoms with Crippen LogP contribution in [0.4, 0.5) is 0 Å². The van der Waals surface area contributed by atoms with Crippen molar-refractivity contribution in [3.8, 4) is 11.5 Å². The topological polar surface area (TPSA) is 88.7 Å². The molecule has 0 aromatic heterocycles. The summed E-state index contributed by atoms with van der Waals surface area (Å²) in [7, 11) is 0. The minimum Gasteiger partial charge on any atom is -0.454 e. The summed E-state index contributed by atoms with van der Waals surface area (Å²) in [6.07, 6.45) is 3.78. The van der Waals surface area contributed by atoms with E-state index < -0.39 is 5.91 Å². The monoisotopic (exact) mass is 409 g/mol. The van der Waals surface area contributed by atoms with Gasteiger partial charge in [0, 0.05) is 12.0 Å². The van der Waals surface area contributed by atoms with Crippen LogP contribution in [-0.4, -0.2) is 23.7 Å². The van der Waals surface area contributed by atoms with Crippen molar-refractivity contribution < 1.29 is 19.1 Å². The Labute approximate surface area is 173 Å². The first-order valence-corrected chi connectivity index (χ1v) is 9.54. The van der Waals surface area contributed by atoms with Crippen molar-refractivity contribution in [3.05, 3.63) is 65.7 Å². The zero-order chi connectivity index (χ0) is 20.2. The number of fused-ring (bicyclic) bond motifs is 1. The number of benzene rings is 2. The standard InChI is InChI=1S/C21H19N3O4S/c25-19(9-7-13-6-8-17-18(10-13)28-12-27-17)22-21(29)24-23-20(26)16-11-15(16)14-4-2-1-3-5-14/h1-10,15-16H,11-12H2,(H,23,26)(H2,22,24,25,29)/b9-7+/t15-,16+/m1/s1. The van der Waals surface area contributed by atoms with E-state index in [0.717, 1.165) is 17.5 Å². The molecule has 1 aliphatic heterocycles. The Morgan fingerprint density at radius 3 is 2.66 bits per heavy atom. The number of rotatable bonds is 4. The molecule has 0 saturated heterocycles. The number of carbonyl (C=O) groups is 2. The lowest BCUT2D eigenvalue weighted by Gasteiger charge is -2.09. The van der Waals surface area contributed by atoms with Crippen LogP contribution in [0, 0.1) is 5.92 Å². The van der Waals surface area contributed by atoms with Gasteiger partial charge in [-0.05, 0) is 53.9 Å². The van der Waals surface area contributed by atoms with Crippen LogP contribution < -0.4 is 25.6 Å². The molecule has 2 amide bonds. The molecule has 8 heteroatoms. The fraction of sp³-hybridized carbons (Fsp3) is 0.190. The molecule has 2 aromatic carbocycles. The highest BCUT2D eigenvalue weighted by Gasteiger charge is 2.43. The van der Waals surface area contributed by atoms with Gasteiger partial charge in [-0.15, -0.1) is 0 Å². The molecule has 29 heavy (non-hydrogen) atoms. The van der Waals surface area contributed by atoms with E-state index in [1.807, 2.05) is 36.4 Å². The average molecular weight is 409 g/mol. The van der Waals surface area contributed by atoms with Gasteiger partial charge >= 0.3 is 0 Å². The Balaban J connectivity index is 1.20. The molecule has 0 radical (unpaired) electrons. The van der Waals surface area contributed by atoms with Crippen LogP contribution in [0.15, 0.2) is 54.6 Å². The molecule has 7 nitrogen and oxygen atoms in total. The highest BCUT2D eigenvalue weighted by molar-refractivity contribution is 7.80. The Bertz CT molecular complexity index is 977. The van der Waals surface area contributed by atoms with Gasteiger partial charge in [-0.25, -0.2) is 0 Å². The second kappa shape index (κ2) is 8.32. The van der Waals surface area contributed by atoms with Crippen LogP contribution in [0.2, 0.25) is 0 Å². The molecule has 0 unspecified atom stereocenters.